The molecule has 0 aliphatic carbocycles. The van der Waals surface area contributed by atoms with E-state index < -0.39 is 29.4 Å². The van der Waals surface area contributed by atoms with Crippen molar-refractivity contribution in [3.05, 3.63) is 65.0 Å². The number of aryl methyl sites for hydroxylation is 1. The van der Waals surface area contributed by atoms with Crippen LogP contribution < -0.4 is 5.32 Å². The van der Waals surface area contributed by atoms with E-state index in [-0.39, 0.29) is 5.69 Å². The Balaban J connectivity index is 1.54. The van der Waals surface area contributed by atoms with Gasteiger partial charge in [-0.1, -0.05) is 29.8 Å². The van der Waals surface area contributed by atoms with Crippen molar-refractivity contribution < 1.29 is 18.0 Å². The van der Waals surface area contributed by atoms with Crippen molar-refractivity contribution in [2.75, 3.05) is 31.5 Å². The van der Waals surface area contributed by atoms with Crippen LogP contribution in [0.25, 0.3) is 0 Å². The number of carbonyl (C=O) groups is 1. The Bertz CT molecular complexity index is 851. The van der Waals surface area contributed by atoms with E-state index in [2.05, 4.69) is 35.3 Å². The Morgan fingerprint density at radius 1 is 1.07 bits per heavy atom. The van der Waals surface area contributed by atoms with E-state index in [4.69, 9.17) is 0 Å². The van der Waals surface area contributed by atoms with Crippen molar-refractivity contribution in [1.82, 2.24) is 9.80 Å². The van der Waals surface area contributed by atoms with E-state index in [0.29, 0.717) is 13.1 Å². The van der Waals surface area contributed by atoms with Gasteiger partial charge in [-0.15, -0.1) is 0 Å². The van der Waals surface area contributed by atoms with Crippen LogP contribution >= 0.6 is 0 Å². The van der Waals surface area contributed by atoms with Crippen LogP contribution in [0.2, 0.25) is 0 Å². The maximum Gasteiger partial charge on any atom is 0.241 e. The van der Waals surface area contributed by atoms with E-state index in [1.807, 2.05) is 11.0 Å². The molecule has 4 nitrogen and oxygen atoms in total. The second-order valence-corrected chi connectivity index (χ2v) is 7.19. The molecule has 1 aliphatic rings. The molecule has 2 aromatic carbocycles. The van der Waals surface area contributed by atoms with Crippen molar-refractivity contribution in [2.24, 2.45) is 0 Å². The third-order valence-electron chi connectivity index (χ3n) is 5.12. The Hall–Kier alpha value is -2.38. The summed E-state index contributed by atoms with van der Waals surface area (Å²) in [4.78, 5) is 16.7. The van der Waals surface area contributed by atoms with Gasteiger partial charge in [0, 0.05) is 32.7 Å². The van der Waals surface area contributed by atoms with Gasteiger partial charge in [-0.25, -0.2) is 13.2 Å². The molecular weight excluding hydrogens is 367 g/mol. The first-order valence-electron chi connectivity index (χ1n) is 9.31. The van der Waals surface area contributed by atoms with Gasteiger partial charge in [0.15, 0.2) is 17.5 Å². The Morgan fingerprint density at radius 2 is 1.79 bits per heavy atom. The largest absolute Gasteiger partial charge is 0.322 e. The van der Waals surface area contributed by atoms with Crippen LogP contribution in [0.15, 0.2) is 36.4 Å². The quantitative estimate of drug-likeness (QED) is 0.792. The number of hydrogen-bond acceptors (Lipinski definition) is 3. The molecule has 1 fully saturated rings. The lowest BCUT2D eigenvalue weighted by Gasteiger charge is -2.37. The summed E-state index contributed by atoms with van der Waals surface area (Å²) in [6.07, 6.45) is 0. The zero-order valence-corrected chi connectivity index (χ0v) is 16.0. The van der Waals surface area contributed by atoms with Crippen LogP contribution in [0.4, 0.5) is 18.9 Å². The standard InChI is InChI=1S/C21H24F3N3O/c1-14-4-3-5-16(12-14)13-26-8-10-27(11-9-26)15(2)21(28)25-18-7-6-17(22)19(23)20(18)24/h3-7,12,15H,8-11,13H2,1-2H3,(H,25,28)/t15-/m0/s1. The van der Waals surface area contributed by atoms with Gasteiger partial charge in [0.25, 0.3) is 0 Å². The maximum absolute atomic E-state index is 13.8. The fourth-order valence-corrected chi connectivity index (χ4v) is 3.40. The fraction of sp³-hybridized carbons (Fsp3) is 0.381. The zero-order valence-electron chi connectivity index (χ0n) is 16.0. The average molecular weight is 391 g/mol. The normalized spacial score (nSPS) is 16.8. The van der Waals surface area contributed by atoms with E-state index >= 15 is 0 Å². The Kier molecular flexibility index (Phi) is 6.36. The molecular formula is C21H24F3N3O. The van der Waals surface area contributed by atoms with Gasteiger partial charge in [-0.3, -0.25) is 14.6 Å². The van der Waals surface area contributed by atoms with E-state index in [1.54, 1.807) is 6.92 Å². The molecule has 0 radical (unpaired) electrons. The molecule has 150 valence electrons. The van der Waals surface area contributed by atoms with Crippen LogP contribution in [-0.2, 0) is 11.3 Å². The first kappa shape index (κ1) is 20.4. The van der Waals surface area contributed by atoms with Crippen LogP contribution in [0.1, 0.15) is 18.1 Å². The smallest absolute Gasteiger partial charge is 0.241 e. The number of benzene rings is 2. The Labute approximate surface area is 162 Å². The molecule has 1 heterocycles. The molecule has 0 unspecified atom stereocenters. The highest BCUT2D eigenvalue weighted by atomic mass is 19.2. The monoisotopic (exact) mass is 391 g/mol. The zero-order chi connectivity index (χ0) is 20.3. The molecule has 1 N–H and O–H groups in total. The van der Waals surface area contributed by atoms with Gasteiger partial charge >= 0.3 is 0 Å². The van der Waals surface area contributed by atoms with Gasteiger partial charge in [-0.2, -0.15) is 0 Å². The minimum Gasteiger partial charge on any atom is -0.322 e. The number of carbonyl (C=O) groups excluding carboxylic acids is 1. The maximum atomic E-state index is 13.8. The number of anilines is 1. The Morgan fingerprint density at radius 3 is 2.46 bits per heavy atom. The van der Waals surface area contributed by atoms with Gasteiger partial charge < -0.3 is 5.32 Å². The summed E-state index contributed by atoms with van der Waals surface area (Å²) in [6.45, 7) is 7.66. The summed E-state index contributed by atoms with van der Waals surface area (Å²) in [5.41, 5.74) is 2.13. The first-order valence-corrected chi connectivity index (χ1v) is 9.31. The number of piperazine rings is 1. The number of nitrogens with one attached hydrogen (secondary N) is 1. The summed E-state index contributed by atoms with van der Waals surface area (Å²) >= 11 is 0. The van der Waals surface area contributed by atoms with Gasteiger partial charge in [0.05, 0.1) is 11.7 Å². The van der Waals surface area contributed by atoms with Crippen LogP contribution in [0, 0.1) is 24.4 Å². The highest BCUT2D eigenvalue weighted by Crippen LogP contribution is 2.20. The highest BCUT2D eigenvalue weighted by molar-refractivity contribution is 5.94. The molecule has 0 spiro atoms. The predicted molar refractivity (Wildman–Crippen MR) is 102 cm³/mol. The molecule has 0 bridgehead atoms. The minimum absolute atomic E-state index is 0.353. The first-order chi connectivity index (χ1) is 13.3. The van der Waals surface area contributed by atoms with Crippen molar-refractivity contribution in [1.29, 1.82) is 0 Å². The lowest BCUT2D eigenvalue weighted by Crippen LogP contribution is -2.52. The van der Waals surface area contributed by atoms with E-state index in [1.165, 1.54) is 11.1 Å². The van der Waals surface area contributed by atoms with Crippen molar-refractivity contribution in [3.63, 3.8) is 0 Å². The molecule has 1 aliphatic heterocycles. The molecule has 1 saturated heterocycles. The summed E-state index contributed by atoms with van der Waals surface area (Å²) in [5.74, 6) is -4.70. The van der Waals surface area contributed by atoms with Crippen LogP contribution in [0.5, 0.6) is 0 Å². The fourth-order valence-electron chi connectivity index (χ4n) is 3.40. The van der Waals surface area contributed by atoms with Gasteiger partial charge in [0.2, 0.25) is 5.91 Å². The second-order valence-electron chi connectivity index (χ2n) is 7.19. The molecule has 0 saturated carbocycles. The number of hydrogen-bond donors (Lipinski definition) is 1. The van der Waals surface area contributed by atoms with Gasteiger partial charge in [0.1, 0.15) is 0 Å². The summed E-state index contributed by atoms with van der Waals surface area (Å²) in [6, 6.07) is 9.70. The molecule has 3 rings (SSSR count). The lowest BCUT2D eigenvalue weighted by molar-refractivity contribution is -0.121. The predicted octanol–water partition coefficient (Wildman–Crippen LogP) is 3.56. The van der Waals surface area contributed by atoms with E-state index in [0.717, 1.165) is 31.8 Å². The average Bonchev–Trinajstić information content (AvgIpc) is 2.68. The third-order valence-corrected chi connectivity index (χ3v) is 5.12. The number of nitrogens with zero attached hydrogens (tertiary/aromatic N) is 2. The lowest BCUT2D eigenvalue weighted by atomic mass is 10.1. The molecule has 1 amide bonds. The number of rotatable bonds is 5. The number of halogens is 3. The topological polar surface area (TPSA) is 35.6 Å². The summed E-state index contributed by atoms with van der Waals surface area (Å²) in [7, 11) is 0. The van der Waals surface area contributed by atoms with Crippen molar-refractivity contribution in [3.8, 4) is 0 Å². The molecule has 7 heteroatoms. The summed E-state index contributed by atoms with van der Waals surface area (Å²) < 4.78 is 40.1. The van der Waals surface area contributed by atoms with Crippen LogP contribution in [-0.4, -0.2) is 47.9 Å². The van der Waals surface area contributed by atoms with Crippen LogP contribution in [0.3, 0.4) is 0 Å². The number of amides is 1. The molecule has 1 atom stereocenters. The third kappa shape index (κ3) is 4.72. The minimum atomic E-state index is -1.59. The molecule has 28 heavy (non-hydrogen) atoms. The van der Waals surface area contributed by atoms with Crippen molar-refractivity contribution in [2.45, 2.75) is 26.4 Å². The molecule has 2 aromatic rings. The highest BCUT2D eigenvalue weighted by Gasteiger charge is 2.26. The summed E-state index contributed by atoms with van der Waals surface area (Å²) in [5, 5.41) is 2.36. The van der Waals surface area contributed by atoms with Crippen molar-refractivity contribution >= 4 is 11.6 Å². The second kappa shape index (κ2) is 8.75. The van der Waals surface area contributed by atoms with Gasteiger partial charge in [-0.05, 0) is 31.5 Å². The SMILES string of the molecule is Cc1cccc(CN2CCN([C@@H](C)C(=O)Nc3ccc(F)c(F)c3F)CC2)c1. The van der Waals surface area contributed by atoms with E-state index in [9.17, 15) is 18.0 Å². The molecule has 0 aromatic heterocycles.